The van der Waals surface area contributed by atoms with Crippen molar-refractivity contribution < 1.29 is 14.8 Å². The molecule has 0 unspecified atom stereocenters. The Balaban J connectivity index is 2.67. The molecule has 0 saturated heterocycles. The van der Waals surface area contributed by atoms with Crippen molar-refractivity contribution in [1.82, 2.24) is 5.32 Å². The van der Waals surface area contributed by atoms with Crippen LogP contribution in [-0.2, 0) is 0 Å². The van der Waals surface area contributed by atoms with Crippen molar-refractivity contribution in [2.75, 3.05) is 11.9 Å². The van der Waals surface area contributed by atoms with Crippen LogP contribution in [0.5, 0.6) is 0 Å². The van der Waals surface area contributed by atoms with Gasteiger partial charge in [-0.3, -0.25) is 4.79 Å². The van der Waals surface area contributed by atoms with E-state index >= 15 is 0 Å². The maximum atomic E-state index is 11.4. The number of hydrogen-bond acceptors (Lipinski definition) is 3. The van der Waals surface area contributed by atoms with Crippen LogP contribution in [0.25, 0.3) is 0 Å². The number of benzene rings is 1. The average molecular weight is 272 g/mol. The number of nitrogens with one attached hydrogen (secondary N) is 1. The lowest BCUT2D eigenvalue weighted by Gasteiger charge is -2.04. The number of rotatable bonds is 4. The van der Waals surface area contributed by atoms with Crippen LogP contribution < -0.4 is 10.8 Å². The molecule has 0 radical (unpaired) electrons. The highest BCUT2D eigenvalue weighted by atomic mass is 79.9. The first kappa shape index (κ1) is 12.2. The third-order valence-electron chi connectivity index (χ3n) is 1.85. The van der Waals surface area contributed by atoms with Gasteiger partial charge in [0.1, 0.15) is 0 Å². The number of hydrogen-bond donors (Lipinski definition) is 3. The molecule has 1 aromatic rings. The van der Waals surface area contributed by atoms with Gasteiger partial charge in [0.15, 0.2) is 0 Å². The van der Waals surface area contributed by atoms with E-state index in [2.05, 4.69) is 21.2 Å². The molecular formula is C9H11BBrNO3. The Labute approximate surface area is 96.6 Å². The van der Waals surface area contributed by atoms with Gasteiger partial charge in [-0.1, -0.05) is 28.1 Å². The summed E-state index contributed by atoms with van der Waals surface area (Å²) in [5.74, 6) is -0.173. The summed E-state index contributed by atoms with van der Waals surface area (Å²) in [6.45, 7) is 0.559. The molecular weight excluding hydrogens is 261 g/mol. The van der Waals surface area contributed by atoms with Gasteiger partial charge < -0.3 is 15.4 Å². The smallest absolute Gasteiger partial charge is 0.423 e. The highest BCUT2D eigenvalue weighted by Gasteiger charge is 2.11. The summed E-state index contributed by atoms with van der Waals surface area (Å²) in [5.41, 5.74) is 0.868. The van der Waals surface area contributed by atoms with Crippen molar-refractivity contribution in [3.05, 3.63) is 29.8 Å². The molecule has 0 saturated carbocycles. The Bertz CT molecular complexity index is 329. The number of carbonyl (C=O) groups excluding carboxylic acids is 1. The van der Waals surface area contributed by atoms with Crippen LogP contribution in [0.3, 0.4) is 0 Å². The monoisotopic (exact) mass is 271 g/mol. The molecule has 0 aliphatic carbocycles. The topological polar surface area (TPSA) is 69.6 Å². The molecule has 0 fully saturated rings. The Morgan fingerprint density at radius 1 is 1.33 bits per heavy atom. The molecule has 80 valence electrons. The van der Waals surface area contributed by atoms with Gasteiger partial charge in [-0.25, -0.2) is 0 Å². The van der Waals surface area contributed by atoms with Gasteiger partial charge in [0.2, 0.25) is 0 Å². The van der Waals surface area contributed by atoms with E-state index in [1.54, 1.807) is 12.1 Å². The van der Waals surface area contributed by atoms with Gasteiger partial charge in [-0.2, -0.15) is 0 Å². The first-order chi connectivity index (χ1) is 7.15. The molecule has 0 atom stereocenters. The van der Waals surface area contributed by atoms with Gasteiger partial charge in [0.05, 0.1) is 0 Å². The number of halogens is 1. The van der Waals surface area contributed by atoms with Gasteiger partial charge in [-0.15, -0.1) is 0 Å². The molecule has 0 heterocycles. The molecule has 1 aromatic carbocycles. The summed E-state index contributed by atoms with van der Waals surface area (Å²) in [5, 5.41) is 21.1. The quantitative estimate of drug-likeness (QED) is 0.510. The van der Waals surface area contributed by atoms with Crippen LogP contribution in [0.1, 0.15) is 10.4 Å². The number of amides is 1. The first-order valence-corrected chi connectivity index (χ1v) is 5.57. The van der Waals surface area contributed by atoms with E-state index < -0.39 is 7.12 Å². The van der Waals surface area contributed by atoms with Crippen LogP contribution in [-0.4, -0.2) is 34.9 Å². The van der Waals surface area contributed by atoms with Crippen LogP contribution >= 0.6 is 15.9 Å². The van der Waals surface area contributed by atoms with Gasteiger partial charge in [0, 0.05) is 17.4 Å². The van der Waals surface area contributed by atoms with Crippen molar-refractivity contribution >= 4 is 34.4 Å². The van der Waals surface area contributed by atoms with Crippen LogP contribution in [0, 0.1) is 0 Å². The van der Waals surface area contributed by atoms with E-state index in [0.29, 0.717) is 22.9 Å². The predicted octanol–water partition coefficient (Wildman–Crippen LogP) is -0.509. The van der Waals surface area contributed by atoms with E-state index in [1.165, 1.54) is 12.1 Å². The van der Waals surface area contributed by atoms with E-state index in [-0.39, 0.29) is 5.91 Å². The van der Waals surface area contributed by atoms with E-state index in [9.17, 15) is 4.79 Å². The molecule has 1 rings (SSSR count). The third kappa shape index (κ3) is 3.66. The molecule has 1 amide bonds. The molecule has 0 spiro atoms. The minimum atomic E-state index is -1.50. The summed E-state index contributed by atoms with van der Waals surface area (Å²) in [4.78, 5) is 11.4. The lowest BCUT2D eigenvalue weighted by molar-refractivity contribution is 0.0956. The second-order valence-corrected chi connectivity index (χ2v) is 3.73. The molecule has 0 aliphatic heterocycles. The Hall–Kier alpha value is -0.845. The highest BCUT2D eigenvalue weighted by Crippen LogP contribution is 1.97. The largest absolute Gasteiger partial charge is 0.488 e. The van der Waals surface area contributed by atoms with Gasteiger partial charge >= 0.3 is 7.12 Å². The SMILES string of the molecule is O=C(NCCBr)c1ccc(B(O)O)cc1. The zero-order valence-electron chi connectivity index (χ0n) is 7.98. The zero-order chi connectivity index (χ0) is 11.3. The van der Waals surface area contributed by atoms with Gasteiger partial charge in [-0.05, 0) is 17.6 Å². The molecule has 4 nitrogen and oxygen atoms in total. The maximum Gasteiger partial charge on any atom is 0.488 e. The molecule has 0 bridgehead atoms. The van der Waals surface area contributed by atoms with Crippen LogP contribution in [0.4, 0.5) is 0 Å². The molecule has 15 heavy (non-hydrogen) atoms. The fourth-order valence-electron chi connectivity index (χ4n) is 1.07. The maximum absolute atomic E-state index is 11.4. The Morgan fingerprint density at radius 3 is 2.40 bits per heavy atom. The fourth-order valence-corrected chi connectivity index (χ4v) is 1.27. The highest BCUT2D eigenvalue weighted by molar-refractivity contribution is 9.09. The molecule has 6 heteroatoms. The Morgan fingerprint density at radius 2 is 1.93 bits per heavy atom. The second-order valence-electron chi connectivity index (χ2n) is 2.94. The van der Waals surface area contributed by atoms with Crippen molar-refractivity contribution in [1.29, 1.82) is 0 Å². The van der Waals surface area contributed by atoms with E-state index in [4.69, 9.17) is 10.0 Å². The number of carbonyl (C=O) groups is 1. The third-order valence-corrected chi connectivity index (χ3v) is 2.25. The summed E-state index contributed by atoms with van der Waals surface area (Å²) >= 11 is 3.20. The average Bonchev–Trinajstić information content (AvgIpc) is 2.26. The lowest BCUT2D eigenvalue weighted by atomic mass is 9.80. The van der Waals surface area contributed by atoms with Crippen molar-refractivity contribution in [2.45, 2.75) is 0 Å². The predicted molar refractivity (Wildman–Crippen MR) is 62.4 cm³/mol. The Kier molecular flexibility index (Phi) is 4.81. The van der Waals surface area contributed by atoms with Gasteiger partial charge in [0.25, 0.3) is 5.91 Å². The van der Waals surface area contributed by atoms with E-state index in [1.807, 2.05) is 0 Å². The van der Waals surface area contributed by atoms with Crippen molar-refractivity contribution in [3.8, 4) is 0 Å². The van der Waals surface area contributed by atoms with E-state index in [0.717, 1.165) is 0 Å². The minimum Gasteiger partial charge on any atom is -0.423 e. The summed E-state index contributed by atoms with van der Waals surface area (Å²) < 4.78 is 0. The van der Waals surface area contributed by atoms with Crippen molar-refractivity contribution in [2.24, 2.45) is 0 Å². The zero-order valence-corrected chi connectivity index (χ0v) is 9.57. The number of alkyl halides is 1. The van der Waals surface area contributed by atoms with Crippen LogP contribution in [0.15, 0.2) is 24.3 Å². The van der Waals surface area contributed by atoms with Crippen molar-refractivity contribution in [3.63, 3.8) is 0 Å². The molecule has 0 aromatic heterocycles. The second kappa shape index (κ2) is 5.90. The first-order valence-electron chi connectivity index (χ1n) is 4.45. The van der Waals surface area contributed by atoms with Crippen LogP contribution in [0.2, 0.25) is 0 Å². The standard InChI is InChI=1S/C9H11BBrNO3/c11-5-6-12-9(13)7-1-3-8(4-2-7)10(14)15/h1-4,14-15H,5-6H2,(H,12,13). The fraction of sp³-hybridized carbons (Fsp3) is 0.222. The molecule has 3 N–H and O–H groups in total. The summed E-state index contributed by atoms with van der Waals surface area (Å²) in [6.07, 6.45) is 0. The summed E-state index contributed by atoms with van der Waals surface area (Å²) in [7, 11) is -1.50. The lowest BCUT2D eigenvalue weighted by Crippen LogP contribution is -2.30. The normalized spacial score (nSPS) is 9.80. The minimum absolute atomic E-state index is 0.173. The summed E-state index contributed by atoms with van der Waals surface area (Å²) in [6, 6.07) is 6.12. The molecule has 0 aliphatic rings.